The highest BCUT2D eigenvalue weighted by molar-refractivity contribution is 9.10. The van der Waals surface area contributed by atoms with Crippen molar-refractivity contribution in [3.8, 4) is 0 Å². The maximum absolute atomic E-state index is 13.4. The molecule has 3 atom stereocenters. The maximum Gasteiger partial charge on any atom is 0.305 e. The number of hydrogen-bond donors (Lipinski definition) is 1. The Hall–Kier alpha value is -2.16. The topological polar surface area (TPSA) is 70.2 Å². The second-order valence-corrected chi connectivity index (χ2v) is 9.73. The lowest BCUT2D eigenvalue weighted by atomic mass is 9.83. The minimum atomic E-state index is -0.556. The van der Waals surface area contributed by atoms with Gasteiger partial charge in [0.2, 0.25) is 11.8 Å². The molecule has 1 N–H and O–H groups in total. The molecule has 2 aliphatic heterocycles. The molecule has 3 aromatic rings. The molecule has 0 spiro atoms. The van der Waals surface area contributed by atoms with Gasteiger partial charge in [-0.25, -0.2) is 4.90 Å². The fraction of sp³-hybridized carbons (Fsp3) is 0.150. The summed E-state index contributed by atoms with van der Waals surface area (Å²) in [5.41, 5.74) is 1.50. The number of aromatic nitrogens is 1. The predicted octanol–water partition coefficient (Wildman–Crippen LogP) is 3.99. The number of thiazole rings is 1. The Balaban J connectivity index is 1.65. The first-order chi connectivity index (χ1) is 13.5. The number of H-pyrrole nitrogens is 1. The van der Waals surface area contributed by atoms with Crippen molar-refractivity contribution in [1.82, 2.24) is 4.98 Å². The quantitative estimate of drug-likeness (QED) is 0.572. The largest absolute Gasteiger partial charge is 0.307 e. The number of nitrogens with one attached hydrogen (secondary N) is 1. The fourth-order valence-electron chi connectivity index (χ4n) is 3.88. The Bertz CT molecular complexity index is 1140. The van der Waals surface area contributed by atoms with E-state index >= 15 is 0 Å². The van der Waals surface area contributed by atoms with Crippen LogP contribution in [-0.2, 0) is 9.59 Å². The van der Waals surface area contributed by atoms with Crippen LogP contribution in [0.25, 0.3) is 0 Å². The van der Waals surface area contributed by atoms with Crippen LogP contribution in [0.3, 0.4) is 0 Å². The SMILES string of the molecule is O=C1[C@H]2[C@H](c3ccccc3)c3sc(=O)[nH]c3S[C@H]2C(=O)N1c1ccc(Br)cc1. The van der Waals surface area contributed by atoms with E-state index in [9.17, 15) is 14.4 Å². The Labute approximate surface area is 176 Å². The van der Waals surface area contributed by atoms with Gasteiger partial charge in [0.05, 0.1) is 16.6 Å². The van der Waals surface area contributed by atoms with Crippen molar-refractivity contribution in [2.75, 3.05) is 4.90 Å². The van der Waals surface area contributed by atoms with Crippen LogP contribution in [0.1, 0.15) is 16.4 Å². The third kappa shape index (κ3) is 2.70. The number of halogens is 1. The Morgan fingerprint density at radius 3 is 2.36 bits per heavy atom. The van der Waals surface area contributed by atoms with Gasteiger partial charge in [-0.05, 0) is 29.8 Å². The van der Waals surface area contributed by atoms with Crippen molar-refractivity contribution in [1.29, 1.82) is 0 Å². The minimum Gasteiger partial charge on any atom is -0.307 e. The predicted molar refractivity (Wildman–Crippen MR) is 113 cm³/mol. The van der Waals surface area contributed by atoms with Crippen LogP contribution >= 0.6 is 39.0 Å². The number of carbonyl (C=O) groups is 2. The number of carbonyl (C=O) groups excluding carboxylic acids is 2. The van der Waals surface area contributed by atoms with Gasteiger partial charge in [0.25, 0.3) is 0 Å². The van der Waals surface area contributed by atoms with Crippen molar-refractivity contribution < 1.29 is 9.59 Å². The van der Waals surface area contributed by atoms with Gasteiger partial charge in [0.15, 0.2) is 0 Å². The van der Waals surface area contributed by atoms with Crippen LogP contribution < -0.4 is 9.77 Å². The minimum absolute atomic E-state index is 0.164. The highest BCUT2D eigenvalue weighted by Crippen LogP contribution is 2.53. The van der Waals surface area contributed by atoms with Gasteiger partial charge in [-0.2, -0.15) is 0 Å². The molecule has 0 unspecified atom stereocenters. The van der Waals surface area contributed by atoms with E-state index < -0.39 is 11.2 Å². The summed E-state index contributed by atoms with van der Waals surface area (Å²) in [6.07, 6.45) is 0. The van der Waals surface area contributed by atoms with E-state index in [0.717, 1.165) is 26.3 Å². The van der Waals surface area contributed by atoms with Crippen molar-refractivity contribution in [2.24, 2.45) is 5.92 Å². The van der Waals surface area contributed by atoms with Crippen LogP contribution in [0, 0.1) is 5.92 Å². The molecule has 2 aliphatic rings. The third-order valence-corrected chi connectivity index (χ3v) is 8.00. The number of fused-ring (bicyclic) bond motifs is 2. The van der Waals surface area contributed by atoms with Crippen LogP contribution in [0.4, 0.5) is 5.69 Å². The lowest BCUT2D eigenvalue weighted by Crippen LogP contribution is -2.32. The number of hydrogen-bond acceptors (Lipinski definition) is 5. The molecule has 3 heterocycles. The molecular weight excluding hydrogens is 460 g/mol. The van der Waals surface area contributed by atoms with E-state index in [0.29, 0.717) is 10.7 Å². The fourth-order valence-corrected chi connectivity index (χ4v) is 6.66. The van der Waals surface area contributed by atoms with Crippen LogP contribution in [0.2, 0.25) is 0 Å². The summed E-state index contributed by atoms with van der Waals surface area (Å²) in [6, 6.07) is 16.8. The Morgan fingerprint density at radius 1 is 0.929 bits per heavy atom. The number of imide groups is 1. The van der Waals surface area contributed by atoms with Gasteiger partial charge < -0.3 is 4.98 Å². The average Bonchev–Trinajstić information content (AvgIpc) is 3.18. The van der Waals surface area contributed by atoms with E-state index in [2.05, 4.69) is 20.9 Å². The monoisotopic (exact) mass is 472 g/mol. The second-order valence-electron chi connectivity index (χ2n) is 6.65. The van der Waals surface area contributed by atoms with Crippen molar-refractivity contribution in [3.63, 3.8) is 0 Å². The molecule has 2 amide bonds. The van der Waals surface area contributed by atoms with E-state index in [1.54, 1.807) is 12.1 Å². The summed E-state index contributed by atoms with van der Waals surface area (Å²) in [4.78, 5) is 43.4. The molecular formula is C20H13BrN2O3S2. The van der Waals surface area contributed by atoms with Crippen molar-refractivity contribution >= 4 is 56.5 Å². The molecule has 0 saturated carbocycles. The molecule has 5 nitrogen and oxygen atoms in total. The molecule has 1 aromatic heterocycles. The van der Waals surface area contributed by atoms with E-state index in [1.807, 2.05) is 42.5 Å². The molecule has 1 saturated heterocycles. The van der Waals surface area contributed by atoms with E-state index in [-0.39, 0.29) is 22.6 Å². The molecule has 140 valence electrons. The van der Waals surface area contributed by atoms with Gasteiger partial charge in [-0.1, -0.05) is 69.4 Å². The molecule has 28 heavy (non-hydrogen) atoms. The summed E-state index contributed by atoms with van der Waals surface area (Å²) in [7, 11) is 0. The summed E-state index contributed by atoms with van der Waals surface area (Å²) >= 11 is 5.80. The third-order valence-electron chi connectivity index (χ3n) is 5.07. The average molecular weight is 473 g/mol. The van der Waals surface area contributed by atoms with Crippen LogP contribution in [0.15, 0.2) is 68.9 Å². The standard InChI is InChI=1S/C20H13BrN2O3S2/c21-11-6-8-12(9-7-11)23-18(24)14-13(10-4-2-1-3-5-10)15-17(22-20(26)28-15)27-16(14)19(23)25/h1-9,13-14,16H,(H,22,26)/t13-,14-,16+/m0/s1. The molecule has 5 rings (SSSR count). The highest BCUT2D eigenvalue weighted by Gasteiger charge is 2.56. The molecule has 0 aliphatic carbocycles. The zero-order valence-corrected chi connectivity index (χ0v) is 17.5. The Morgan fingerprint density at radius 2 is 1.64 bits per heavy atom. The number of thioether (sulfide) groups is 1. The number of rotatable bonds is 2. The van der Waals surface area contributed by atoms with Crippen molar-refractivity contribution in [2.45, 2.75) is 16.2 Å². The molecule has 2 aromatic carbocycles. The van der Waals surface area contributed by atoms with Gasteiger partial charge in [0, 0.05) is 15.3 Å². The van der Waals surface area contributed by atoms with Crippen LogP contribution in [-0.4, -0.2) is 22.0 Å². The number of benzene rings is 2. The first-order valence-corrected chi connectivity index (χ1v) is 11.1. The molecule has 8 heteroatoms. The zero-order valence-electron chi connectivity index (χ0n) is 14.3. The van der Waals surface area contributed by atoms with Gasteiger partial charge in [-0.15, -0.1) is 0 Å². The first-order valence-electron chi connectivity index (χ1n) is 8.62. The number of nitrogens with zero attached hydrogens (tertiary/aromatic N) is 1. The van der Waals surface area contributed by atoms with Gasteiger partial charge in [0.1, 0.15) is 5.25 Å². The van der Waals surface area contributed by atoms with Gasteiger partial charge >= 0.3 is 4.87 Å². The highest BCUT2D eigenvalue weighted by atomic mass is 79.9. The first kappa shape index (κ1) is 17.9. The Kier molecular flexibility index (Phi) is 4.30. The molecule has 0 radical (unpaired) electrons. The lowest BCUT2D eigenvalue weighted by Gasteiger charge is -2.29. The molecule has 1 fully saturated rings. The van der Waals surface area contributed by atoms with E-state index in [4.69, 9.17) is 0 Å². The lowest BCUT2D eigenvalue weighted by molar-refractivity contribution is -0.122. The van der Waals surface area contributed by atoms with Crippen molar-refractivity contribution in [3.05, 3.63) is 79.2 Å². The smallest absolute Gasteiger partial charge is 0.305 e. The number of anilines is 1. The number of aromatic amines is 1. The van der Waals surface area contributed by atoms with Crippen LogP contribution in [0.5, 0.6) is 0 Å². The number of amides is 2. The van der Waals surface area contributed by atoms with Gasteiger partial charge in [-0.3, -0.25) is 14.4 Å². The summed E-state index contributed by atoms with van der Waals surface area (Å²) < 4.78 is 0.879. The summed E-state index contributed by atoms with van der Waals surface area (Å²) in [5.74, 6) is -1.31. The molecule has 0 bridgehead atoms. The summed E-state index contributed by atoms with van der Waals surface area (Å²) in [6.45, 7) is 0. The van der Waals surface area contributed by atoms with E-state index in [1.165, 1.54) is 16.7 Å². The normalized spacial score (nSPS) is 23.6. The maximum atomic E-state index is 13.4. The summed E-state index contributed by atoms with van der Waals surface area (Å²) in [5, 5.41) is 0.142. The zero-order chi connectivity index (χ0) is 19.4. The second kappa shape index (κ2) is 6.72.